The van der Waals surface area contributed by atoms with Crippen molar-refractivity contribution in [1.82, 2.24) is 4.90 Å². The minimum Gasteiger partial charge on any atom is -0.507 e. The molecule has 1 aliphatic rings. The van der Waals surface area contributed by atoms with Gasteiger partial charge in [-0.1, -0.05) is 6.92 Å². The van der Waals surface area contributed by atoms with Crippen molar-refractivity contribution in [3.05, 3.63) is 23.7 Å². The van der Waals surface area contributed by atoms with Gasteiger partial charge in [0.05, 0.1) is 5.70 Å². The Balaban J connectivity index is 2.90. The molecule has 0 aliphatic carbocycles. The Labute approximate surface area is 66.3 Å². The lowest BCUT2D eigenvalue weighted by Crippen LogP contribution is -2.23. The van der Waals surface area contributed by atoms with Crippen molar-refractivity contribution in [3.8, 4) is 0 Å². The number of aliphatic hydroxyl groups excluding tert-OH is 2. The Morgan fingerprint density at radius 2 is 2.27 bits per heavy atom. The van der Waals surface area contributed by atoms with E-state index in [-0.39, 0.29) is 5.76 Å². The molecule has 3 heteroatoms. The summed E-state index contributed by atoms with van der Waals surface area (Å²) in [5, 5.41) is 18.5. The molecule has 3 nitrogen and oxygen atoms in total. The van der Waals surface area contributed by atoms with Gasteiger partial charge in [0.2, 0.25) is 0 Å². The lowest BCUT2D eigenvalue weighted by Gasteiger charge is -2.24. The van der Waals surface area contributed by atoms with Crippen molar-refractivity contribution in [2.75, 3.05) is 7.05 Å². The van der Waals surface area contributed by atoms with Crippen LogP contribution in [0.2, 0.25) is 0 Å². The molecule has 0 fully saturated rings. The number of hydrogen-bond donors (Lipinski definition) is 2. The van der Waals surface area contributed by atoms with Gasteiger partial charge in [-0.3, -0.25) is 0 Å². The molecule has 2 N–H and O–H groups in total. The first-order valence-corrected chi connectivity index (χ1v) is 3.68. The smallest absolute Gasteiger partial charge is 0.144 e. The minimum atomic E-state index is -0.818. The predicted octanol–water partition coefficient (Wildman–Crippen LogP) is 0.986. The fourth-order valence-corrected chi connectivity index (χ4v) is 1.17. The summed E-state index contributed by atoms with van der Waals surface area (Å²) in [5.41, 5.74) is 0.778. The Bertz CT molecular complexity index is 208. The highest BCUT2D eigenvalue weighted by molar-refractivity contribution is 5.21. The first kappa shape index (κ1) is 8.14. The molecule has 1 heterocycles. The summed E-state index contributed by atoms with van der Waals surface area (Å²) in [7, 11) is 1.84. The van der Waals surface area contributed by atoms with E-state index in [1.54, 1.807) is 12.3 Å². The first-order chi connectivity index (χ1) is 5.16. The van der Waals surface area contributed by atoms with E-state index >= 15 is 0 Å². The molecule has 0 aromatic carbocycles. The largest absolute Gasteiger partial charge is 0.507 e. The SMILES string of the molecule is CCC1=C(O)C(O)C=CN1C. The van der Waals surface area contributed by atoms with E-state index < -0.39 is 6.10 Å². The van der Waals surface area contributed by atoms with Crippen LogP contribution < -0.4 is 0 Å². The second-order valence-corrected chi connectivity index (χ2v) is 2.58. The van der Waals surface area contributed by atoms with Gasteiger partial charge < -0.3 is 15.1 Å². The van der Waals surface area contributed by atoms with Crippen molar-refractivity contribution < 1.29 is 10.2 Å². The highest BCUT2D eigenvalue weighted by Crippen LogP contribution is 2.19. The molecule has 1 atom stereocenters. The fraction of sp³-hybridized carbons (Fsp3) is 0.500. The summed E-state index contributed by atoms with van der Waals surface area (Å²) in [6, 6.07) is 0. The summed E-state index contributed by atoms with van der Waals surface area (Å²) < 4.78 is 0. The molecule has 1 aliphatic heterocycles. The molecule has 11 heavy (non-hydrogen) atoms. The van der Waals surface area contributed by atoms with Crippen LogP contribution in [0.3, 0.4) is 0 Å². The van der Waals surface area contributed by atoms with E-state index in [1.807, 2.05) is 18.9 Å². The van der Waals surface area contributed by atoms with Crippen LogP contribution >= 0.6 is 0 Å². The molecule has 0 radical (unpaired) electrons. The second-order valence-electron chi connectivity index (χ2n) is 2.58. The molecule has 0 saturated heterocycles. The Morgan fingerprint density at radius 1 is 1.64 bits per heavy atom. The lowest BCUT2D eigenvalue weighted by molar-refractivity contribution is 0.175. The Kier molecular flexibility index (Phi) is 2.19. The number of nitrogens with zero attached hydrogens (tertiary/aromatic N) is 1. The van der Waals surface area contributed by atoms with Crippen molar-refractivity contribution in [2.24, 2.45) is 0 Å². The van der Waals surface area contributed by atoms with E-state index in [9.17, 15) is 10.2 Å². The van der Waals surface area contributed by atoms with Gasteiger partial charge in [0.15, 0.2) is 0 Å². The van der Waals surface area contributed by atoms with Gasteiger partial charge in [-0.05, 0) is 12.5 Å². The maximum absolute atomic E-state index is 9.34. The van der Waals surface area contributed by atoms with Crippen LogP contribution in [-0.2, 0) is 0 Å². The Morgan fingerprint density at radius 3 is 2.73 bits per heavy atom. The fourth-order valence-electron chi connectivity index (χ4n) is 1.17. The molecular formula is C8H13NO2. The van der Waals surface area contributed by atoms with E-state index in [0.29, 0.717) is 0 Å². The Hall–Kier alpha value is -0.960. The molecule has 0 aromatic heterocycles. The number of hydrogen-bond acceptors (Lipinski definition) is 3. The highest BCUT2D eigenvalue weighted by atomic mass is 16.3. The number of rotatable bonds is 1. The molecule has 0 aromatic rings. The van der Waals surface area contributed by atoms with Gasteiger partial charge >= 0.3 is 0 Å². The molecule has 1 unspecified atom stereocenters. The summed E-state index contributed by atoms with van der Waals surface area (Å²) in [6.45, 7) is 1.94. The molecule has 0 amide bonds. The third kappa shape index (κ3) is 1.38. The van der Waals surface area contributed by atoms with Gasteiger partial charge in [-0.15, -0.1) is 0 Å². The zero-order valence-corrected chi connectivity index (χ0v) is 6.78. The van der Waals surface area contributed by atoms with Crippen LogP contribution in [0.4, 0.5) is 0 Å². The van der Waals surface area contributed by atoms with Crippen LogP contribution in [0.1, 0.15) is 13.3 Å². The van der Waals surface area contributed by atoms with Crippen molar-refractivity contribution in [3.63, 3.8) is 0 Å². The molecule has 1 rings (SSSR count). The summed E-state index contributed by atoms with van der Waals surface area (Å²) in [4.78, 5) is 1.81. The quantitative estimate of drug-likeness (QED) is 0.593. The van der Waals surface area contributed by atoms with Gasteiger partial charge in [0.25, 0.3) is 0 Å². The average Bonchev–Trinajstić information content (AvgIpc) is 1.99. The topological polar surface area (TPSA) is 43.7 Å². The van der Waals surface area contributed by atoms with Crippen LogP contribution in [0.25, 0.3) is 0 Å². The van der Waals surface area contributed by atoms with Crippen molar-refractivity contribution >= 4 is 0 Å². The molecule has 0 saturated carbocycles. The normalized spacial score (nSPS) is 24.6. The predicted molar refractivity (Wildman–Crippen MR) is 42.9 cm³/mol. The molecule has 0 bridgehead atoms. The van der Waals surface area contributed by atoms with E-state index in [1.165, 1.54) is 0 Å². The molecule has 0 spiro atoms. The molecule has 62 valence electrons. The van der Waals surface area contributed by atoms with Crippen molar-refractivity contribution in [2.45, 2.75) is 19.4 Å². The van der Waals surface area contributed by atoms with E-state index in [0.717, 1.165) is 12.1 Å². The summed E-state index contributed by atoms with van der Waals surface area (Å²) in [6.07, 6.45) is 3.21. The van der Waals surface area contributed by atoms with Crippen LogP contribution in [0, 0.1) is 0 Å². The van der Waals surface area contributed by atoms with Gasteiger partial charge in [0.1, 0.15) is 11.9 Å². The van der Waals surface area contributed by atoms with E-state index in [4.69, 9.17) is 0 Å². The van der Waals surface area contributed by atoms with Gasteiger partial charge in [-0.2, -0.15) is 0 Å². The number of allylic oxidation sites excluding steroid dienone is 1. The van der Waals surface area contributed by atoms with Gasteiger partial charge in [-0.25, -0.2) is 0 Å². The second kappa shape index (κ2) is 2.96. The summed E-state index contributed by atoms with van der Waals surface area (Å²) in [5.74, 6) is 0.0671. The number of aliphatic hydroxyl groups is 2. The third-order valence-electron chi connectivity index (χ3n) is 1.83. The first-order valence-electron chi connectivity index (χ1n) is 3.68. The maximum atomic E-state index is 9.34. The van der Waals surface area contributed by atoms with Crippen LogP contribution in [0.5, 0.6) is 0 Å². The maximum Gasteiger partial charge on any atom is 0.144 e. The average molecular weight is 155 g/mol. The molecular weight excluding hydrogens is 142 g/mol. The zero-order chi connectivity index (χ0) is 8.43. The monoisotopic (exact) mass is 155 g/mol. The van der Waals surface area contributed by atoms with E-state index in [2.05, 4.69) is 0 Å². The van der Waals surface area contributed by atoms with Crippen LogP contribution in [0.15, 0.2) is 23.7 Å². The minimum absolute atomic E-state index is 0.0671. The lowest BCUT2D eigenvalue weighted by atomic mass is 10.1. The van der Waals surface area contributed by atoms with Crippen LogP contribution in [-0.4, -0.2) is 28.3 Å². The zero-order valence-electron chi connectivity index (χ0n) is 6.78. The third-order valence-corrected chi connectivity index (χ3v) is 1.83. The standard InChI is InChI=1S/C8H13NO2/c1-3-6-8(11)7(10)4-5-9(6)2/h4-5,7,10-11H,3H2,1-2H3. The summed E-state index contributed by atoms with van der Waals surface area (Å²) >= 11 is 0. The van der Waals surface area contributed by atoms with Gasteiger partial charge in [0, 0.05) is 13.2 Å². The highest BCUT2D eigenvalue weighted by Gasteiger charge is 2.17. The van der Waals surface area contributed by atoms with Crippen molar-refractivity contribution in [1.29, 1.82) is 0 Å².